The highest BCUT2D eigenvalue weighted by Crippen LogP contribution is 2.42. The van der Waals surface area contributed by atoms with Crippen LogP contribution in [-0.2, 0) is 0 Å². The van der Waals surface area contributed by atoms with E-state index < -0.39 is 0 Å². The zero-order valence-corrected chi connectivity index (χ0v) is 17.2. The first kappa shape index (κ1) is 15.7. The highest BCUT2D eigenvalue weighted by atomic mass is 79.9. The zero-order valence-electron chi connectivity index (χ0n) is 9.27. The molecule has 0 saturated carbocycles. The van der Waals surface area contributed by atoms with Crippen molar-refractivity contribution >= 4 is 86.4 Å². The van der Waals surface area contributed by atoms with Crippen LogP contribution in [0.1, 0.15) is 23.4 Å². The summed E-state index contributed by atoms with van der Waals surface area (Å²) >= 11 is 17.7. The molecule has 0 fully saturated rings. The molecule has 98 valence electrons. The SMILES string of the molecule is CCNC(c1cc(Br)c(Br)s1)c1cc(Br)sc1Br. The first-order chi connectivity index (χ1) is 8.52. The lowest BCUT2D eigenvalue weighted by atomic mass is 10.1. The molecule has 1 N–H and O–H groups in total. The van der Waals surface area contributed by atoms with Crippen LogP contribution in [0.25, 0.3) is 0 Å². The number of rotatable bonds is 4. The standard InChI is InChI=1S/C11H9Br4NS2/c1-2-16-9(5-3-8(13)18-10(5)14)7-4-6(12)11(15)17-7/h3-4,9,16H,2H2,1H3. The highest BCUT2D eigenvalue weighted by Gasteiger charge is 2.21. The van der Waals surface area contributed by atoms with E-state index in [2.05, 4.69) is 88.1 Å². The summed E-state index contributed by atoms with van der Waals surface area (Å²) < 4.78 is 4.55. The molecular weight excluding hydrogens is 530 g/mol. The minimum Gasteiger partial charge on any atom is -0.306 e. The van der Waals surface area contributed by atoms with Gasteiger partial charge in [0.05, 0.1) is 17.4 Å². The number of halogens is 4. The van der Waals surface area contributed by atoms with Gasteiger partial charge in [0.2, 0.25) is 0 Å². The van der Waals surface area contributed by atoms with Gasteiger partial charge in [0.25, 0.3) is 0 Å². The first-order valence-corrected chi connectivity index (χ1v) is 9.96. The molecule has 1 nitrogen and oxygen atoms in total. The Labute approximate surface area is 148 Å². The fourth-order valence-electron chi connectivity index (χ4n) is 1.62. The maximum Gasteiger partial charge on any atom is 0.0843 e. The molecule has 0 radical (unpaired) electrons. The Balaban J connectivity index is 2.42. The Kier molecular flexibility index (Phi) is 5.94. The van der Waals surface area contributed by atoms with Crippen molar-refractivity contribution < 1.29 is 0 Å². The quantitative estimate of drug-likeness (QED) is 0.465. The molecule has 7 heteroatoms. The van der Waals surface area contributed by atoms with Gasteiger partial charge in [-0.1, -0.05) is 6.92 Å². The Morgan fingerprint density at radius 1 is 1.11 bits per heavy atom. The second-order valence-electron chi connectivity index (χ2n) is 3.54. The summed E-state index contributed by atoms with van der Waals surface area (Å²) in [5, 5.41) is 3.53. The summed E-state index contributed by atoms with van der Waals surface area (Å²) in [6, 6.07) is 4.56. The third kappa shape index (κ3) is 3.48. The average molecular weight is 539 g/mol. The van der Waals surface area contributed by atoms with Crippen molar-refractivity contribution in [3.63, 3.8) is 0 Å². The maximum absolute atomic E-state index is 3.64. The zero-order chi connectivity index (χ0) is 13.3. The van der Waals surface area contributed by atoms with E-state index >= 15 is 0 Å². The molecule has 2 aromatic rings. The van der Waals surface area contributed by atoms with Gasteiger partial charge in [-0.2, -0.15) is 0 Å². The van der Waals surface area contributed by atoms with Gasteiger partial charge in [-0.05, 0) is 82.4 Å². The van der Waals surface area contributed by atoms with Crippen LogP contribution in [0.2, 0.25) is 0 Å². The van der Waals surface area contributed by atoms with Crippen molar-refractivity contribution in [1.82, 2.24) is 5.32 Å². The van der Waals surface area contributed by atoms with E-state index in [0.717, 1.165) is 18.6 Å². The van der Waals surface area contributed by atoms with Gasteiger partial charge >= 0.3 is 0 Å². The molecule has 0 aliphatic heterocycles. The average Bonchev–Trinajstić information content (AvgIpc) is 2.79. The van der Waals surface area contributed by atoms with E-state index in [1.807, 2.05) is 0 Å². The van der Waals surface area contributed by atoms with Crippen molar-refractivity contribution in [3.05, 3.63) is 38.4 Å². The molecule has 1 atom stereocenters. The van der Waals surface area contributed by atoms with Gasteiger partial charge in [0.15, 0.2) is 0 Å². The predicted octanol–water partition coefficient (Wildman–Crippen LogP) is 6.56. The largest absolute Gasteiger partial charge is 0.306 e. The molecule has 1 unspecified atom stereocenters. The van der Waals surface area contributed by atoms with E-state index in [1.165, 1.54) is 14.2 Å². The smallest absolute Gasteiger partial charge is 0.0843 e. The molecule has 0 aliphatic carbocycles. The lowest BCUT2D eigenvalue weighted by molar-refractivity contribution is 0.639. The lowest BCUT2D eigenvalue weighted by Crippen LogP contribution is -2.20. The molecule has 18 heavy (non-hydrogen) atoms. The van der Waals surface area contributed by atoms with Crippen LogP contribution < -0.4 is 5.32 Å². The lowest BCUT2D eigenvalue weighted by Gasteiger charge is -2.15. The molecule has 0 saturated heterocycles. The van der Waals surface area contributed by atoms with Crippen molar-refractivity contribution in [2.45, 2.75) is 13.0 Å². The van der Waals surface area contributed by atoms with Gasteiger partial charge in [0, 0.05) is 14.9 Å². The van der Waals surface area contributed by atoms with Gasteiger partial charge in [-0.25, -0.2) is 0 Å². The van der Waals surface area contributed by atoms with E-state index in [0.29, 0.717) is 0 Å². The summed E-state index contributed by atoms with van der Waals surface area (Å²) in [4.78, 5) is 1.29. The Bertz CT molecular complexity index is 530. The molecule has 0 aromatic carbocycles. The second-order valence-corrected chi connectivity index (χ2v) is 10.5. The Hall–Kier alpha value is 1.28. The van der Waals surface area contributed by atoms with E-state index in [1.54, 1.807) is 22.7 Å². The van der Waals surface area contributed by atoms with Crippen LogP contribution in [0.3, 0.4) is 0 Å². The molecule has 0 bridgehead atoms. The molecular formula is C11H9Br4NS2. The molecule has 2 aromatic heterocycles. The summed E-state index contributed by atoms with van der Waals surface area (Å²) in [6.45, 7) is 3.05. The second kappa shape index (κ2) is 6.83. The number of nitrogens with one attached hydrogen (secondary N) is 1. The first-order valence-electron chi connectivity index (χ1n) is 5.15. The van der Waals surface area contributed by atoms with E-state index in [4.69, 9.17) is 0 Å². The molecule has 0 spiro atoms. The van der Waals surface area contributed by atoms with Crippen LogP contribution in [0.4, 0.5) is 0 Å². The minimum absolute atomic E-state index is 0.222. The van der Waals surface area contributed by atoms with Crippen molar-refractivity contribution in [1.29, 1.82) is 0 Å². The number of hydrogen-bond acceptors (Lipinski definition) is 3. The third-order valence-electron chi connectivity index (χ3n) is 2.35. The van der Waals surface area contributed by atoms with Gasteiger partial charge in [0.1, 0.15) is 0 Å². The molecule has 2 rings (SSSR count). The van der Waals surface area contributed by atoms with Crippen molar-refractivity contribution in [3.8, 4) is 0 Å². The van der Waals surface area contributed by atoms with E-state index in [9.17, 15) is 0 Å². The highest BCUT2D eigenvalue weighted by molar-refractivity contribution is 9.13. The van der Waals surface area contributed by atoms with Crippen LogP contribution >= 0.6 is 86.4 Å². The fraction of sp³-hybridized carbons (Fsp3) is 0.273. The summed E-state index contributed by atoms with van der Waals surface area (Å²) in [6.07, 6.45) is 0. The van der Waals surface area contributed by atoms with Crippen molar-refractivity contribution in [2.24, 2.45) is 0 Å². The minimum atomic E-state index is 0.222. The fourth-order valence-corrected chi connectivity index (χ4v) is 6.71. The number of hydrogen-bond donors (Lipinski definition) is 1. The van der Waals surface area contributed by atoms with Crippen LogP contribution in [0, 0.1) is 0 Å². The number of thiophene rings is 2. The summed E-state index contributed by atoms with van der Waals surface area (Å²) in [5.74, 6) is 0. The van der Waals surface area contributed by atoms with Gasteiger partial charge < -0.3 is 5.32 Å². The third-order valence-corrected chi connectivity index (χ3v) is 8.06. The monoisotopic (exact) mass is 535 g/mol. The molecule has 0 amide bonds. The maximum atomic E-state index is 3.64. The normalized spacial score (nSPS) is 12.9. The molecule has 2 heterocycles. The van der Waals surface area contributed by atoms with Crippen molar-refractivity contribution in [2.75, 3.05) is 6.54 Å². The van der Waals surface area contributed by atoms with E-state index in [-0.39, 0.29) is 6.04 Å². The van der Waals surface area contributed by atoms with Crippen LogP contribution in [0.5, 0.6) is 0 Å². The van der Waals surface area contributed by atoms with Crippen LogP contribution in [0.15, 0.2) is 28.0 Å². The summed E-state index contributed by atoms with van der Waals surface area (Å²) in [5.41, 5.74) is 1.27. The molecule has 0 aliphatic rings. The Morgan fingerprint density at radius 2 is 1.83 bits per heavy atom. The summed E-state index contributed by atoms with van der Waals surface area (Å²) in [7, 11) is 0. The van der Waals surface area contributed by atoms with Gasteiger partial charge in [-0.15, -0.1) is 22.7 Å². The predicted molar refractivity (Wildman–Crippen MR) is 95.0 cm³/mol. The Morgan fingerprint density at radius 3 is 2.28 bits per heavy atom. The topological polar surface area (TPSA) is 12.0 Å². The van der Waals surface area contributed by atoms with Gasteiger partial charge in [-0.3, -0.25) is 0 Å². The van der Waals surface area contributed by atoms with Crippen LogP contribution in [-0.4, -0.2) is 6.54 Å².